The molecular weight excluding hydrogens is 456 g/mol. The van der Waals surface area contributed by atoms with Crippen molar-refractivity contribution in [1.29, 1.82) is 0 Å². The number of carboxylic acids is 1. The monoisotopic (exact) mass is 469 g/mol. The van der Waals surface area contributed by atoms with E-state index in [9.17, 15) is 36.2 Å². The van der Waals surface area contributed by atoms with Gasteiger partial charge in [0.15, 0.2) is 0 Å². The summed E-state index contributed by atoms with van der Waals surface area (Å²) in [5.41, 5.74) is -1.26. The maximum atomic E-state index is 12.7. The van der Waals surface area contributed by atoms with E-state index >= 15 is 0 Å². The van der Waals surface area contributed by atoms with Crippen molar-refractivity contribution in [3.05, 3.63) is 89.2 Å². The molecule has 1 N–H and O–H groups in total. The van der Waals surface area contributed by atoms with E-state index in [2.05, 4.69) is 19.9 Å². The fourth-order valence-electron chi connectivity index (χ4n) is 2.82. The number of carboxylic acid groups (broad SMARTS) is 1. The molecule has 33 heavy (non-hydrogen) atoms. The molecule has 1 aromatic heterocycles. The number of hydrogen-bond donors (Lipinski definition) is 1. The molecule has 3 rings (SSSR count). The van der Waals surface area contributed by atoms with Crippen molar-refractivity contribution in [2.75, 3.05) is 0 Å². The third kappa shape index (κ3) is 6.28. The molecule has 172 valence electrons. The van der Waals surface area contributed by atoms with Crippen LogP contribution in [0.15, 0.2) is 77.1 Å². The first-order valence-electron chi connectivity index (χ1n) is 9.06. The van der Waals surface area contributed by atoms with Crippen molar-refractivity contribution in [3.63, 3.8) is 0 Å². The van der Waals surface area contributed by atoms with Gasteiger partial charge in [0.1, 0.15) is 11.8 Å². The number of alkyl halides is 6. The lowest BCUT2D eigenvalue weighted by Gasteiger charge is -2.15. The van der Waals surface area contributed by atoms with Crippen molar-refractivity contribution >= 4 is 11.7 Å². The lowest BCUT2D eigenvalue weighted by atomic mass is 10.00. The van der Waals surface area contributed by atoms with Gasteiger partial charge in [0, 0.05) is 6.20 Å². The Morgan fingerprint density at radius 2 is 1.67 bits per heavy atom. The van der Waals surface area contributed by atoms with Gasteiger partial charge in [-0.25, -0.2) is 4.79 Å². The van der Waals surface area contributed by atoms with Gasteiger partial charge in [-0.2, -0.15) is 23.4 Å². The van der Waals surface area contributed by atoms with Gasteiger partial charge in [-0.3, -0.25) is 4.98 Å². The molecule has 12 heteroatoms. The van der Waals surface area contributed by atoms with Gasteiger partial charge >= 0.3 is 18.5 Å². The third-order valence-electron chi connectivity index (χ3n) is 4.22. The lowest BCUT2D eigenvalue weighted by Crippen LogP contribution is -2.17. The van der Waals surface area contributed by atoms with Crippen molar-refractivity contribution in [3.8, 4) is 5.75 Å². The Hall–Kier alpha value is -3.96. The Bertz CT molecular complexity index is 1160. The van der Waals surface area contributed by atoms with Gasteiger partial charge in [-0.15, -0.1) is 13.2 Å². The van der Waals surface area contributed by atoms with E-state index in [0.717, 1.165) is 36.4 Å². The minimum absolute atomic E-state index is 0.00324. The first-order valence-corrected chi connectivity index (χ1v) is 9.06. The summed E-state index contributed by atoms with van der Waals surface area (Å²) in [6.45, 7) is 0. The highest BCUT2D eigenvalue weighted by Crippen LogP contribution is 2.34. The van der Waals surface area contributed by atoms with E-state index in [1.54, 1.807) is 0 Å². The lowest BCUT2D eigenvalue weighted by molar-refractivity contribution is -0.274. The fraction of sp³-hybridized carbons (Fsp3) is 0.143. The van der Waals surface area contributed by atoms with Gasteiger partial charge in [-0.05, 0) is 54.1 Å². The summed E-state index contributed by atoms with van der Waals surface area (Å²) in [5.74, 6) is -1.95. The van der Waals surface area contributed by atoms with Gasteiger partial charge < -0.3 is 9.84 Å². The first kappa shape index (κ1) is 23.7. The maximum Gasteiger partial charge on any atom is 0.573 e. The SMILES string of the molecule is O=C(O)c1cccnc1C(N=Nc1ccc(C(F)(F)F)cc1)c1cccc(OC(F)(F)F)c1. The number of carbonyl (C=O) groups is 1. The minimum Gasteiger partial charge on any atom is -0.478 e. The van der Waals surface area contributed by atoms with E-state index in [4.69, 9.17) is 0 Å². The van der Waals surface area contributed by atoms with Crippen LogP contribution < -0.4 is 4.74 Å². The zero-order valence-corrected chi connectivity index (χ0v) is 16.3. The molecule has 3 aromatic rings. The van der Waals surface area contributed by atoms with Crippen LogP contribution in [0.25, 0.3) is 0 Å². The summed E-state index contributed by atoms with van der Waals surface area (Å²) >= 11 is 0. The van der Waals surface area contributed by atoms with Crippen molar-refractivity contribution in [2.45, 2.75) is 18.6 Å². The molecule has 0 aliphatic rings. The van der Waals surface area contributed by atoms with Gasteiger partial charge in [0.2, 0.25) is 0 Å². The largest absolute Gasteiger partial charge is 0.573 e. The zero-order chi connectivity index (χ0) is 24.2. The quantitative estimate of drug-likeness (QED) is 0.327. The molecule has 0 fully saturated rings. The van der Waals surface area contributed by atoms with Crippen molar-refractivity contribution in [1.82, 2.24) is 4.98 Å². The molecule has 0 aliphatic heterocycles. The summed E-state index contributed by atoms with van der Waals surface area (Å²) in [4.78, 5) is 15.6. The summed E-state index contributed by atoms with van der Waals surface area (Å²) < 4.78 is 80.0. The topological polar surface area (TPSA) is 84.1 Å². The number of nitrogens with zero attached hydrogens (tertiary/aromatic N) is 3. The van der Waals surface area contributed by atoms with Crippen LogP contribution in [-0.4, -0.2) is 22.4 Å². The Balaban J connectivity index is 2.05. The number of rotatable bonds is 6. The highest BCUT2D eigenvalue weighted by molar-refractivity contribution is 5.89. The summed E-state index contributed by atoms with van der Waals surface area (Å²) in [6.07, 6.45) is -8.26. The molecule has 1 unspecified atom stereocenters. The number of aromatic carboxylic acids is 1. The van der Waals surface area contributed by atoms with Crippen LogP contribution in [0.5, 0.6) is 5.75 Å². The fourth-order valence-corrected chi connectivity index (χ4v) is 2.82. The van der Waals surface area contributed by atoms with Crippen LogP contribution in [0, 0.1) is 0 Å². The number of pyridine rings is 1. The van der Waals surface area contributed by atoms with Crippen LogP contribution >= 0.6 is 0 Å². The molecular formula is C21H13F6N3O3. The Kier molecular flexibility index (Phi) is 6.65. The Morgan fingerprint density at radius 3 is 2.27 bits per heavy atom. The molecule has 0 spiro atoms. The Morgan fingerprint density at radius 1 is 0.970 bits per heavy atom. The maximum absolute atomic E-state index is 12.7. The standard InChI is InChI=1S/C21H13F6N3O3/c22-20(23,24)13-6-8-14(9-7-13)29-30-17(18-16(19(31)32)5-2-10-28-18)12-3-1-4-15(11-12)33-21(25,26)27/h1-11,17H,(H,31,32). The average Bonchev–Trinajstić information content (AvgIpc) is 2.73. The average molecular weight is 469 g/mol. The number of hydrogen-bond acceptors (Lipinski definition) is 5. The highest BCUT2D eigenvalue weighted by atomic mass is 19.4. The number of azo groups is 1. The molecule has 0 amide bonds. The highest BCUT2D eigenvalue weighted by Gasteiger charge is 2.32. The summed E-state index contributed by atoms with van der Waals surface area (Å²) in [6, 6.07) is 9.56. The van der Waals surface area contributed by atoms with Crippen LogP contribution in [0.2, 0.25) is 0 Å². The number of halogens is 6. The van der Waals surface area contributed by atoms with Gasteiger partial charge in [0.05, 0.1) is 22.5 Å². The normalized spacial score (nSPS) is 13.2. The molecule has 0 saturated carbocycles. The number of ether oxygens (including phenoxy) is 1. The van der Waals surface area contributed by atoms with E-state index in [1.807, 2.05) is 0 Å². The van der Waals surface area contributed by atoms with Crippen LogP contribution in [0.4, 0.5) is 32.0 Å². The van der Waals surface area contributed by atoms with Crippen LogP contribution in [-0.2, 0) is 6.18 Å². The molecule has 0 radical (unpaired) electrons. The first-order chi connectivity index (χ1) is 15.4. The van der Waals surface area contributed by atoms with Crippen molar-refractivity contribution < 1.29 is 41.0 Å². The molecule has 1 heterocycles. The second-order valence-electron chi connectivity index (χ2n) is 6.52. The number of benzene rings is 2. The third-order valence-corrected chi connectivity index (χ3v) is 4.22. The summed E-state index contributed by atoms with van der Waals surface area (Å²) in [7, 11) is 0. The Labute approximate surface area is 182 Å². The van der Waals surface area contributed by atoms with Crippen molar-refractivity contribution in [2.24, 2.45) is 10.2 Å². The van der Waals surface area contributed by atoms with Gasteiger partial charge in [0.25, 0.3) is 0 Å². The van der Waals surface area contributed by atoms with Gasteiger partial charge in [-0.1, -0.05) is 12.1 Å². The predicted octanol–water partition coefficient (Wildman–Crippen LogP) is 6.57. The van der Waals surface area contributed by atoms with E-state index in [0.29, 0.717) is 0 Å². The minimum atomic E-state index is -4.97. The van der Waals surface area contributed by atoms with E-state index < -0.39 is 35.9 Å². The molecule has 1 atom stereocenters. The molecule has 0 bridgehead atoms. The second-order valence-corrected chi connectivity index (χ2v) is 6.52. The van der Waals surface area contributed by atoms with Crippen LogP contribution in [0.3, 0.4) is 0 Å². The predicted molar refractivity (Wildman–Crippen MR) is 102 cm³/mol. The smallest absolute Gasteiger partial charge is 0.478 e. The molecule has 0 aliphatic carbocycles. The van der Waals surface area contributed by atoms with Crippen LogP contribution in [0.1, 0.15) is 33.2 Å². The number of aromatic nitrogens is 1. The van der Waals surface area contributed by atoms with E-state index in [-0.39, 0.29) is 22.5 Å². The van der Waals surface area contributed by atoms with E-state index in [1.165, 1.54) is 30.5 Å². The summed E-state index contributed by atoms with van der Waals surface area (Å²) in [5, 5.41) is 17.3. The zero-order valence-electron chi connectivity index (χ0n) is 16.3. The second kappa shape index (κ2) is 9.27. The molecule has 2 aromatic carbocycles. The molecule has 0 saturated heterocycles. The molecule has 6 nitrogen and oxygen atoms in total.